The third kappa shape index (κ3) is 5.03. The van der Waals surface area contributed by atoms with Crippen LogP contribution in [0.1, 0.15) is 91.4 Å². The van der Waals surface area contributed by atoms with E-state index in [0.29, 0.717) is 24.6 Å². The zero-order valence-electron chi connectivity index (χ0n) is 23.0. The number of nitrogens with one attached hydrogen (secondary N) is 2. The second-order valence-corrected chi connectivity index (χ2v) is 9.54. The van der Waals surface area contributed by atoms with E-state index < -0.39 is 0 Å². The third-order valence-corrected chi connectivity index (χ3v) is 7.22. The number of benzene rings is 2. The van der Waals surface area contributed by atoms with Crippen LogP contribution in [0.5, 0.6) is 0 Å². The van der Waals surface area contributed by atoms with Gasteiger partial charge >= 0.3 is 11.9 Å². The van der Waals surface area contributed by atoms with E-state index in [0.717, 1.165) is 44.8 Å². The first-order valence-corrected chi connectivity index (χ1v) is 13.1. The van der Waals surface area contributed by atoms with Gasteiger partial charge in [-0.25, -0.2) is 9.59 Å². The maximum absolute atomic E-state index is 12.8. The molecule has 0 saturated heterocycles. The Morgan fingerprint density at radius 3 is 1.29 bits per heavy atom. The fraction of sp³-hybridized carbons (Fsp3) is 0.312. The molecule has 0 aliphatic rings. The lowest BCUT2D eigenvalue weighted by Gasteiger charge is -2.31. The molecular weight excluding hydrogens is 476 g/mol. The molecule has 4 rings (SSSR count). The molecule has 2 N–H and O–H groups in total. The van der Waals surface area contributed by atoms with Gasteiger partial charge in [-0.2, -0.15) is 0 Å². The molecule has 4 aromatic rings. The zero-order chi connectivity index (χ0) is 27.4. The summed E-state index contributed by atoms with van der Waals surface area (Å²) in [5, 5.41) is 0. The Morgan fingerprint density at radius 1 is 0.632 bits per heavy atom. The van der Waals surface area contributed by atoms with Crippen molar-refractivity contribution in [1.29, 1.82) is 0 Å². The molecule has 0 spiro atoms. The molecule has 6 heteroatoms. The molecule has 0 aliphatic carbocycles. The number of hydrogen-bond donors (Lipinski definition) is 2. The highest BCUT2D eigenvalue weighted by atomic mass is 16.5. The van der Waals surface area contributed by atoms with Crippen LogP contribution in [-0.4, -0.2) is 35.1 Å². The van der Waals surface area contributed by atoms with Gasteiger partial charge in [-0.1, -0.05) is 60.7 Å². The van der Waals surface area contributed by atoms with E-state index in [9.17, 15) is 9.59 Å². The SMILES string of the molecule is CCOC(=O)c1[nH]c(C)c([C@@H](c2ccccc2)[C@@H](c2ccccc2)c2c(C)[nH]c(C(=O)OCC)c2C)c1C. The summed E-state index contributed by atoms with van der Waals surface area (Å²) in [7, 11) is 0. The van der Waals surface area contributed by atoms with Crippen molar-refractivity contribution in [3.8, 4) is 0 Å². The molecular formula is C32H36N2O4. The monoisotopic (exact) mass is 512 g/mol. The van der Waals surface area contributed by atoms with Gasteiger partial charge in [0.15, 0.2) is 0 Å². The van der Waals surface area contributed by atoms with Crippen molar-refractivity contribution in [1.82, 2.24) is 9.97 Å². The summed E-state index contributed by atoms with van der Waals surface area (Å²) in [6, 6.07) is 20.7. The van der Waals surface area contributed by atoms with Crippen molar-refractivity contribution >= 4 is 11.9 Å². The second-order valence-electron chi connectivity index (χ2n) is 9.54. The van der Waals surface area contributed by atoms with Crippen molar-refractivity contribution < 1.29 is 19.1 Å². The van der Waals surface area contributed by atoms with Crippen LogP contribution < -0.4 is 0 Å². The molecule has 198 valence electrons. The Balaban J connectivity index is 2.03. The Labute approximate surface area is 224 Å². The molecule has 0 aliphatic heterocycles. The molecule has 2 atom stereocenters. The van der Waals surface area contributed by atoms with E-state index in [4.69, 9.17) is 9.47 Å². The van der Waals surface area contributed by atoms with Gasteiger partial charge in [-0.3, -0.25) is 0 Å². The highest BCUT2D eigenvalue weighted by Gasteiger charge is 2.36. The second kappa shape index (κ2) is 11.5. The number of rotatable bonds is 9. The minimum Gasteiger partial charge on any atom is -0.461 e. The average molecular weight is 513 g/mol. The summed E-state index contributed by atoms with van der Waals surface area (Å²) in [5.74, 6) is -1.02. The minimum atomic E-state index is -0.360. The molecule has 0 bridgehead atoms. The number of carbonyl (C=O) groups excluding carboxylic acids is 2. The predicted molar refractivity (Wildman–Crippen MR) is 149 cm³/mol. The van der Waals surface area contributed by atoms with E-state index in [1.807, 2.05) is 64.1 Å². The van der Waals surface area contributed by atoms with E-state index in [1.165, 1.54) is 0 Å². The minimum absolute atomic E-state index is 0.152. The van der Waals surface area contributed by atoms with Crippen LogP contribution in [-0.2, 0) is 9.47 Å². The maximum atomic E-state index is 12.8. The van der Waals surface area contributed by atoms with Crippen LogP contribution >= 0.6 is 0 Å². The first-order chi connectivity index (χ1) is 18.3. The molecule has 0 saturated carbocycles. The molecule has 0 radical (unpaired) electrons. The van der Waals surface area contributed by atoms with Gasteiger partial charge < -0.3 is 19.4 Å². The molecule has 2 heterocycles. The van der Waals surface area contributed by atoms with Gasteiger partial charge in [0.2, 0.25) is 0 Å². The first kappa shape index (κ1) is 27.0. The quantitative estimate of drug-likeness (QED) is 0.239. The summed E-state index contributed by atoms with van der Waals surface area (Å²) in [5.41, 5.74) is 8.83. The smallest absolute Gasteiger partial charge is 0.355 e. The van der Waals surface area contributed by atoms with E-state index in [2.05, 4.69) is 34.2 Å². The van der Waals surface area contributed by atoms with E-state index >= 15 is 0 Å². The van der Waals surface area contributed by atoms with Gasteiger partial charge in [0, 0.05) is 23.2 Å². The lowest BCUT2D eigenvalue weighted by atomic mass is 9.71. The Kier molecular flexibility index (Phi) is 8.20. The van der Waals surface area contributed by atoms with Crippen LogP contribution in [0.15, 0.2) is 60.7 Å². The lowest BCUT2D eigenvalue weighted by Crippen LogP contribution is -2.18. The molecule has 0 unspecified atom stereocenters. The molecule has 0 amide bonds. The summed E-state index contributed by atoms with van der Waals surface area (Å²) in [6.07, 6.45) is 0. The van der Waals surface area contributed by atoms with Crippen molar-refractivity contribution in [3.63, 3.8) is 0 Å². The molecule has 2 aromatic heterocycles. The van der Waals surface area contributed by atoms with Gasteiger partial charge in [0.25, 0.3) is 0 Å². The summed E-state index contributed by atoms with van der Waals surface area (Å²) in [4.78, 5) is 32.3. The number of aromatic amines is 2. The number of aryl methyl sites for hydroxylation is 2. The highest BCUT2D eigenvalue weighted by molar-refractivity contribution is 5.91. The highest BCUT2D eigenvalue weighted by Crippen LogP contribution is 2.47. The van der Waals surface area contributed by atoms with Gasteiger partial charge in [0.1, 0.15) is 11.4 Å². The van der Waals surface area contributed by atoms with Crippen LogP contribution in [0, 0.1) is 27.7 Å². The van der Waals surface area contributed by atoms with E-state index in [-0.39, 0.29) is 23.8 Å². The molecule has 2 aromatic carbocycles. The molecule has 6 nitrogen and oxygen atoms in total. The topological polar surface area (TPSA) is 84.2 Å². The Bertz CT molecular complexity index is 1310. The van der Waals surface area contributed by atoms with Crippen molar-refractivity contribution in [2.45, 2.75) is 53.4 Å². The standard InChI is InChI=1S/C32H36N2O4/c1-7-37-31(35)29-19(3)25(21(5)33-29)27(23-15-11-9-12-16-23)28(24-17-13-10-14-18-24)26-20(4)30(34-22(26)6)32(36)38-8-2/h9-18,27-28,33-34H,7-8H2,1-6H3/t27-,28+. The zero-order valence-corrected chi connectivity index (χ0v) is 23.0. The van der Waals surface area contributed by atoms with Crippen molar-refractivity contribution in [3.05, 3.63) is 117 Å². The normalized spacial score (nSPS) is 12.7. The number of aromatic nitrogens is 2. The molecule has 0 fully saturated rings. The largest absolute Gasteiger partial charge is 0.461 e. The van der Waals surface area contributed by atoms with Gasteiger partial charge in [0.05, 0.1) is 13.2 Å². The molecule has 38 heavy (non-hydrogen) atoms. The number of esters is 2. The van der Waals surface area contributed by atoms with Crippen LogP contribution in [0.4, 0.5) is 0 Å². The maximum Gasteiger partial charge on any atom is 0.355 e. The van der Waals surface area contributed by atoms with Gasteiger partial charge in [-0.05, 0) is 74.9 Å². The Morgan fingerprint density at radius 2 is 0.974 bits per heavy atom. The Hall–Kier alpha value is -4.06. The lowest BCUT2D eigenvalue weighted by molar-refractivity contribution is 0.0509. The van der Waals surface area contributed by atoms with Crippen LogP contribution in [0.25, 0.3) is 0 Å². The summed E-state index contributed by atoms with van der Waals surface area (Å²) in [6.45, 7) is 12.2. The predicted octanol–water partition coefficient (Wildman–Crippen LogP) is 6.89. The van der Waals surface area contributed by atoms with Crippen molar-refractivity contribution in [2.75, 3.05) is 13.2 Å². The fourth-order valence-corrected chi connectivity index (χ4v) is 5.65. The number of ether oxygens (including phenoxy) is 2. The summed E-state index contributed by atoms with van der Waals surface area (Å²) < 4.78 is 10.7. The van der Waals surface area contributed by atoms with Gasteiger partial charge in [-0.15, -0.1) is 0 Å². The number of H-pyrrole nitrogens is 2. The summed E-state index contributed by atoms with van der Waals surface area (Å²) >= 11 is 0. The third-order valence-electron chi connectivity index (χ3n) is 7.22. The first-order valence-electron chi connectivity index (χ1n) is 13.1. The average Bonchev–Trinajstić information content (AvgIpc) is 3.38. The van der Waals surface area contributed by atoms with E-state index in [1.54, 1.807) is 13.8 Å². The number of carbonyl (C=O) groups is 2. The number of hydrogen-bond acceptors (Lipinski definition) is 4. The fourth-order valence-electron chi connectivity index (χ4n) is 5.65. The van der Waals surface area contributed by atoms with Crippen LogP contribution in [0.3, 0.4) is 0 Å². The van der Waals surface area contributed by atoms with Crippen molar-refractivity contribution in [2.24, 2.45) is 0 Å². The van der Waals surface area contributed by atoms with Crippen LogP contribution in [0.2, 0.25) is 0 Å².